The molecule has 4 nitrogen and oxygen atoms in total. The molecule has 29 heavy (non-hydrogen) atoms. The van der Waals surface area contributed by atoms with Crippen LogP contribution < -0.4 is 5.32 Å². The van der Waals surface area contributed by atoms with Crippen molar-refractivity contribution in [2.45, 2.75) is 20.3 Å². The molecule has 0 fully saturated rings. The first kappa shape index (κ1) is 18.9. The molecule has 4 heteroatoms. The largest absolute Gasteiger partial charge is 0.449 e. The lowest BCUT2D eigenvalue weighted by atomic mass is 10.0. The van der Waals surface area contributed by atoms with Crippen LogP contribution in [-0.2, 0) is 4.74 Å². The summed E-state index contributed by atoms with van der Waals surface area (Å²) in [6.45, 7) is 4.62. The first-order valence-electron chi connectivity index (χ1n) is 9.93. The summed E-state index contributed by atoms with van der Waals surface area (Å²) in [5.74, 6) is 0.490. The first-order chi connectivity index (χ1) is 14.1. The van der Waals surface area contributed by atoms with E-state index < -0.39 is 6.09 Å². The molecular formula is C25H24N2O2. The Kier molecular flexibility index (Phi) is 5.43. The van der Waals surface area contributed by atoms with Gasteiger partial charge in [0.15, 0.2) is 0 Å². The highest BCUT2D eigenvalue weighted by Gasteiger charge is 2.11. The minimum absolute atomic E-state index is 0.407. The molecule has 1 N–H and O–H groups in total. The average molecular weight is 384 g/mol. The predicted molar refractivity (Wildman–Crippen MR) is 119 cm³/mol. The van der Waals surface area contributed by atoms with Crippen LogP contribution in [0.25, 0.3) is 32.9 Å². The number of para-hydroxylation sites is 1. The van der Waals surface area contributed by atoms with Crippen molar-refractivity contribution in [3.8, 4) is 11.3 Å². The molecule has 3 aromatic carbocycles. The zero-order chi connectivity index (χ0) is 20.2. The SMILES string of the molecule is CC(C)CCOC(=O)Nc1cc(-c2ccc3ccccc3c2)nc2ccccc12. The lowest BCUT2D eigenvalue weighted by molar-refractivity contribution is 0.155. The second-order valence-electron chi connectivity index (χ2n) is 7.58. The van der Waals surface area contributed by atoms with Crippen molar-refractivity contribution >= 4 is 33.5 Å². The summed E-state index contributed by atoms with van der Waals surface area (Å²) < 4.78 is 5.34. The van der Waals surface area contributed by atoms with Crippen LogP contribution in [0, 0.1) is 5.92 Å². The Morgan fingerprint density at radius 3 is 2.55 bits per heavy atom. The van der Waals surface area contributed by atoms with Gasteiger partial charge in [-0.25, -0.2) is 9.78 Å². The van der Waals surface area contributed by atoms with E-state index in [9.17, 15) is 4.79 Å². The molecule has 1 heterocycles. The fourth-order valence-electron chi connectivity index (χ4n) is 3.31. The number of anilines is 1. The number of hydrogen-bond donors (Lipinski definition) is 1. The van der Waals surface area contributed by atoms with Gasteiger partial charge in [0, 0.05) is 10.9 Å². The van der Waals surface area contributed by atoms with E-state index in [-0.39, 0.29) is 0 Å². The summed E-state index contributed by atoms with van der Waals surface area (Å²) >= 11 is 0. The van der Waals surface area contributed by atoms with E-state index in [0.717, 1.165) is 34.0 Å². The number of benzene rings is 3. The average Bonchev–Trinajstić information content (AvgIpc) is 2.73. The monoisotopic (exact) mass is 384 g/mol. The lowest BCUT2D eigenvalue weighted by Crippen LogP contribution is -2.15. The summed E-state index contributed by atoms with van der Waals surface area (Å²) in [7, 11) is 0. The van der Waals surface area contributed by atoms with Gasteiger partial charge in [0.25, 0.3) is 0 Å². The molecule has 0 unspecified atom stereocenters. The van der Waals surface area contributed by atoms with Gasteiger partial charge < -0.3 is 4.74 Å². The highest BCUT2D eigenvalue weighted by Crippen LogP contribution is 2.30. The molecule has 4 rings (SSSR count). The van der Waals surface area contributed by atoms with Crippen molar-refractivity contribution in [3.05, 3.63) is 72.8 Å². The number of hydrogen-bond acceptors (Lipinski definition) is 3. The molecule has 0 bridgehead atoms. The first-order valence-corrected chi connectivity index (χ1v) is 9.93. The van der Waals surface area contributed by atoms with Crippen molar-refractivity contribution < 1.29 is 9.53 Å². The number of carbonyl (C=O) groups is 1. The van der Waals surface area contributed by atoms with E-state index in [1.54, 1.807) is 0 Å². The van der Waals surface area contributed by atoms with Crippen LogP contribution in [0.4, 0.5) is 10.5 Å². The van der Waals surface area contributed by atoms with Crippen molar-refractivity contribution in [2.24, 2.45) is 5.92 Å². The lowest BCUT2D eigenvalue weighted by Gasteiger charge is -2.12. The maximum absolute atomic E-state index is 12.3. The van der Waals surface area contributed by atoms with Gasteiger partial charge in [-0.2, -0.15) is 0 Å². The number of nitrogens with one attached hydrogen (secondary N) is 1. The number of ether oxygens (including phenoxy) is 1. The van der Waals surface area contributed by atoms with Crippen LogP contribution in [0.2, 0.25) is 0 Å². The summed E-state index contributed by atoms with van der Waals surface area (Å²) in [6.07, 6.45) is 0.402. The quantitative estimate of drug-likeness (QED) is 0.419. The molecule has 0 radical (unpaired) electrons. The fraction of sp³-hybridized carbons (Fsp3) is 0.200. The predicted octanol–water partition coefficient (Wildman–Crippen LogP) is 6.65. The maximum Gasteiger partial charge on any atom is 0.411 e. The number of fused-ring (bicyclic) bond motifs is 2. The highest BCUT2D eigenvalue weighted by atomic mass is 16.5. The van der Waals surface area contributed by atoms with Crippen LogP contribution in [0.5, 0.6) is 0 Å². The fourth-order valence-corrected chi connectivity index (χ4v) is 3.31. The van der Waals surface area contributed by atoms with E-state index in [0.29, 0.717) is 18.2 Å². The minimum Gasteiger partial charge on any atom is -0.449 e. The Morgan fingerprint density at radius 1 is 0.966 bits per heavy atom. The van der Waals surface area contributed by atoms with Gasteiger partial charge in [-0.3, -0.25) is 5.32 Å². The van der Waals surface area contributed by atoms with Crippen LogP contribution in [0.1, 0.15) is 20.3 Å². The molecule has 0 aliphatic carbocycles. The molecule has 0 aliphatic rings. The molecular weight excluding hydrogens is 360 g/mol. The molecule has 146 valence electrons. The number of amides is 1. The minimum atomic E-state index is -0.438. The summed E-state index contributed by atoms with van der Waals surface area (Å²) in [6, 6.07) is 24.2. The highest BCUT2D eigenvalue weighted by molar-refractivity contribution is 6.00. The normalized spacial score (nSPS) is 11.1. The van der Waals surface area contributed by atoms with Gasteiger partial charge in [0.2, 0.25) is 0 Å². The van der Waals surface area contributed by atoms with E-state index in [2.05, 4.69) is 49.5 Å². The van der Waals surface area contributed by atoms with E-state index in [4.69, 9.17) is 9.72 Å². The third kappa shape index (κ3) is 4.37. The van der Waals surface area contributed by atoms with Gasteiger partial charge in [0.05, 0.1) is 23.5 Å². The Balaban J connectivity index is 1.69. The van der Waals surface area contributed by atoms with Crippen LogP contribution >= 0.6 is 0 Å². The maximum atomic E-state index is 12.3. The molecule has 0 aliphatic heterocycles. The van der Waals surface area contributed by atoms with E-state index in [1.165, 1.54) is 5.39 Å². The van der Waals surface area contributed by atoms with E-state index in [1.807, 2.05) is 42.5 Å². The Morgan fingerprint density at radius 2 is 1.72 bits per heavy atom. The van der Waals surface area contributed by atoms with Gasteiger partial charge in [-0.05, 0) is 41.3 Å². The van der Waals surface area contributed by atoms with Gasteiger partial charge in [0.1, 0.15) is 0 Å². The third-order valence-corrected chi connectivity index (χ3v) is 4.93. The molecule has 0 saturated carbocycles. The van der Waals surface area contributed by atoms with Crippen molar-refractivity contribution in [2.75, 3.05) is 11.9 Å². The summed E-state index contributed by atoms with van der Waals surface area (Å²) in [5.41, 5.74) is 3.35. The molecule has 0 saturated heterocycles. The van der Waals surface area contributed by atoms with Crippen molar-refractivity contribution in [1.82, 2.24) is 4.98 Å². The number of nitrogens with zero attached hydrogens (tertiary/aromatic N) is 1. The summed E-state index contributed by atoms with van der Waals surface area (Å²) in [4.78, 5) is 17.1. The smallest absolute Gasteiger partial charge is 0.411 e. The number of pyridine rings is 1. The standard InChI is InChI=1S/C25H24N2O2/c1-17(2)13-14-29-25(28)27-24-16-23(26-22-10-6-5-9-21(22)24)20-12-11-18-7-3-4-8-19(18)15-20/h3-12,15-17H,13-14H2,1-2H3,(H,26,27,28). The number of carbonyl (C=O) groups excluding carboxylic acids is 1. The summed E-state index contributed by atoms with van der Waals surface area (Å²) in [5, 5.41) is 6.13. The zero-order valence-electron chi connectivity index (χ0n) is 16.7. The van der Waals surface area contributed by atoms with Crippen LogP contribution in [0.3, 0.4) is 0 Å². The number of aromatic nitrogens is 1. The Bertz CT molecular complexity index is 1170. The zero-order valence-corrected chi connectivity index (χ0v) is 16.7. The van der Waals surface area contributed by atoms with Crippen LogP contribution in [0.15, 0.2) is 72.8 Å². The second kappa shape index (κ2) is 8.31. The Labute approximate surface area is 170 Å². The van der Waals surface area contributed by atoms with Gasteiger partial charge in [-0.15, -0.1) is 0 Å². The van der Waals surface area contributed by atoms with Gasteiger partial charge >= 0.3 is 6.09 Å². The van der Waals surface area contributed by atoms with Crippen molar-refractivity contribution in [1.29, 1.82) is 0 Å². The molecule has 4 aromatic rings. The molecule has 0 atom stereocenters. The second-order valence-corrected chi connectivity index (χ2v) is 7.58. The van der Waals surface area contributed by atoms with Crippen LogP contribution in [-0.4, -0.2) is 17.7 Å². The molecule has 0 spiro atoms. The third-order valence-electron chi connectivity index (χ3n) is 4.93. The number of rotatable bonds is 5. The Hall–Kier alpha value is -3.40. The topological polar surface area (TPSA) is 51.2 Å². The van der Waals surface area contributed by atoms with E-state index >= 15 is 0 Å². The van der Waals surface area contributed by atoms with Crippen molar-refractivity contribution in [3.63, 3.8) is 0 Å². The molecule has 1 amide bonds. The van der Waals surface area contributed by atoms with Gasteiger partial charge in [-0.1, -0.05) is 68.4 Å². The molecule has 1 aromatic heterocycles.